The van der Waals surface area contributed by atoms with E-state index in [4.69, 9.17) is 9.47 Å². The van der Waals surface area contributed by atoms with Crippen LogP contribution in [-0.4, -0.2) is 36.4 Å². The largest absolute Gasteiger partial charge is 0.462 e. The molecule has 290 valence electrons. The highest BCUT2D eigenvalue weighted by Crippen LogP contribution is 2.15. The van der Waals surface area contributed by atoms with E-state index in [2.05, 4.69) is 26.0 Å². The van der Waals surface area contributed by atoms with Crippen molar-refractivity contribution in [2.45, 2.75) is 245 Å². The molecule has 0 aliphatic rings. The van der Waals surface area contributed by atoms with Crippen molar-refractivity contribution in [3.8, 4) is 0 Å². The summed E-state index contributed by atoms with van der Waals surface area (Å²) in [6, 6.07) is 0. The van der Waals surface area contributed by atoms with E-state index in [-0.39, 0.29) is 25.2 Å². The Morgan fingerprint density at radius 2 is 0.755 bits per heavy atom. The molecule has 0 aromatic heterocycles. The molecule has 0 aromatic rings. The standard InChI is InChI=1S/C44H84O5/c1-3-5-7-9-11-13-15-17-19-20-21-22-23-24-25-27-29-31-33-35-37-39-44(47)49-42(40-45)41-48-43(46)38-36-34-32-30-28-26-18-16-14-12-10-8-6-4-2/h17,19,42,45H,3-16,18,20-41H2,1-2H3/b19-17+/t42-/m0/s1. The molecule has 5 heteroatoms. The number of ether oxygens (including phenoxy) is 2. The number of carbonyl (C=O) groups excluding carboxylic acids is 2. The molecule has 0 spiro atoms. The zero-order valence-corrected chi connectivity index (χ0v) is 33.0. The molecule has 0 bridgehead atoms. The summed E-state index contributed by atoms with van der Waals surface area (Å²) in [5.41, 5.74) is 0. The van der Waals surface area contributed by atoms with E-state index >= 15 is 0 Å². The minimum Gasteiger partial charge on any atom is -0.462 e. The fraction of sp³-hybridized carbons (Fsp3) is 0.909. The lowest BCUT2D eigenvalue weighted by Crippen LogP contribution is -2.28. The van der Waals surface area contributed by atoms with Crippen LogP contribution in [0.1, 0.15) is 239 Å². The Kier molecular flexibility index (Phi) is 39.9. The van der Waals surface area contributed by atoms with E-state index in [9.17, 15) is 14.7 Å². The van der Waals surface area contributed by atoms with Crippen molar-refractivity contribution in [2.75, 3.05) is 13.2 Å². The first-order valence-corrected chi connectivity index (χ1v) is 21.7. The Labute approximate surface area is 305 Å². The van der Waals surface area contributed by atoms with E-state index in [0.29, 0.717) is 12.8 Å². The molecule has 0 aliphatic heterocycles. The molecule has 0 saturated carbocycles. The Morgan fingerprint density at radius 1 is 0.449 bits per heavy atom. The highest BCUT2D eigenvalue weighted by atomic mass is 16.6. The number of hydrogen-bond acceptors (Lipinski definition) is 5. The molecular formula is C44H84O5. The van der Waals surface area contributed by atoms with E-state index in [1.54, 1.807) is 0 Å². The predicted octanol–water partition coefficient (Wildman–Crippen LogP) is 13.7. The van der Waals surface area contributed by atoms with Crippen LogP contribution in [0.25, 0.3) is 0 Å². The first-order valence-electron chi connectivity index (χ1n) is 21.7. The molecule has 0 fully saturated rings. The van der Waals surface area contributed by atoms with Crippen LogP contribution in [0.4, 0.5) is 0 Å². The second-order valence-electron chi connectivity index (χ2n) is 14.8. The monoisotopic (exact) mass is 693 g/mol. The Hall–Kier alpha value is -1.36. The first-order chi connectivity index (χ1) is 24.1. The fourth-order valence-corrected chi connectivity index (χ4v) is 6.49. The highest BCUT2D eigenvalue weighted by molar-refractivity contribution is 5.70. The lowest BCUT2D eigenvalue weighted by Gasteiger charge is -2.15. The van der Waals surface area contributed by atoms with Gasteiger partial charge in [-0.2, -0.15) is 0 Å². The molecular weight excluding hydrogens is 608 g/mol. The summed E-state index contributed by atoms with van der Waals surface area (Å²) in [5.74, 6) is -0.578. The number of hydrogen-bond donors (Lipinski definition) is 1. The van der Waals surface area contributed by atoms with Crippen molar-refractivity contribution in [1.29, 1.82) is 0 Å². The number of aliphatic hydroxyl groups is 1. The molecule has 0 saturated heterocycles. The van der Waals surface area contributed by atoms with Gasteiger partial charge < -0.3 is 14.6 Å². The lowest BCUT2D eigenvalue weighted by atomic mass is 10.0. The van der Waals surface area contributed by atoms with Gasteiger partial charge in [0.2, 0.25) is 0 Å². The average Bonchev–Trinajstić information content (AvgIpc) is 3.10. The van der Waals surface area contributed by atoms with Gasteiger partial charge in [-0.05, 0) is 38.5 Å². The zero-order chi connectivity index (χ0) is 35.7. The number of esters is 2. The maximum Gasteiger partial charge on any atom is 0.306 e. The van der Waals surface area contributed by atoms with E-state index < -0.39 is 6.10 Å². The number of allylic oxidation sites excluding steroid dienone is 2. The minimum atomic E-state index is -0.765. The Balaban J connectivity index is 3.48. The second-order valence-corrected chi connectivity index (χ2v) is 14.8. The lowest BCUT2D eigenvalue weighted by molar-refractivity contribution is -0.161. The summed E-state index contributed by atoms with van der Waals surface area (Å²) < 4.78 is 10.6. The molecule has 5 nitrogen and oxygen atoms in total. The van der Waals surface area contributed by atoms with Crippen LogP contribution in [0.5, 0.6) is 0 Å². The van der Waals surface area contributed by atoms with Gasteiger partial charge in [0.05, 0.1) is 6.61 Å². The topological polar surface area (TPSA) is 72.8 Å². The van der Waals surface area contributed by atoms with Gasteiger partial charge in [-0.3, -0.25) is 9.59 Å². The number of unbranched alkanes of at least 4 members (excludes halogenated alkanes) is 30. The number of rotatable bonds is 40. The molecule has 49 heavy (non-hydrogen) atoms. The molecule has 0 aromatic carbocycles. The third kappa shape index (κ3) is 39.3. The van der Waals surface area contributed by atoms with Gasteiger partial charge >= 0.3 is 11.9 Å². The third-order valence-electron chi connectivity index (χ3n) is 9.81. The van der Waals surface area contributed by atoms with Crippen LogP contribution in [0.2, 0.25) is 0 Å². The van der Waals surface area contributed by atoms with E-state index in [1.807, 2.05) is 0 Å². The summed E-state index contributed by atoms with van der Waals surface area (Å²) in [7, 11) is 0. The van der Waals surface area contributed by atoms with Gasteiger partial charge in [0.15, 0.2) is 6.10 Å². The van der Waals surface area contributed by atoms with Crippen LogP contribution in [0.15, 0.2) is 12.2 Å². The number of carbonyl (C=O) groups is 2. The Morgan fingerprint density at radius 3 is 1.10 bits per heavy atom. The van der Waals surface area contributed by atoms with Crippen LogP contribution in [0, 0.1) is 0 Å². The van der Waals surface area contributed by atoms with Gasteiger partial charge in [0, 0.05) is 12.8 Å². The Bertz CT molecular complexity index is 705. The van der Waals surface area contributed by atoms with Crippen LogP contribution < -0.4 is 0 Å². The SMILES string of the molecule is CCCCCCCC/C=C/CCCCCCCCCCCCCC(=O)O[C@@H](CO)COC(=O)CCCCCCCCCCCCCCCC. The summed E-state index contributed by atoms with van der Waals surface area (Å²) in [4.78, 5) is 24.3. The van der Waals surface area contributed by atoms with Gasteiger partial charge in [-0.25, -0.2) is 0 Å². The van der Waals surface area contributed by atoms with Crippen LogP contribution >= 0.6 is 0 Å². The minimum absolute atomic E-state index is 0.0595. The molecule has 0 amide bonds. The fourth-order valence-electron chi connectivity index (χ4n) is 6.49. The maximum absolute atomic E-state index is 12.2. The molecule has 0 unspecified atom stereocenters. The smallest absolute Gasteiger partial charge is 0.306 e. The molecule has 1 atom stereocenters. The van der Waals surface area contributed by atoms with Gasteiger partial charge in [0.1, 0.15) is 6.61 Å². The number of aliphatic hydroxyl groups excluding tert-OH is 1. The molecule has 1 N–H and O–H groups in total. The van der Waals surface area contributed by atoms with Crippen LogP contribution in [0.3, 0.4) is 0 Å². The molecule has 0 heterocycles. The molecule has 0 radical (unpaired) electrons. The summed E-state index contributed by atoms with van der Waals surface area (Å²) in [5, 5.41) is 9.57. The molecule has 0 rings (SSSR count). The summed E-state index contributed by atoms with van der Waals surface area (Å²) in [6.07, 6.45) is 47.1. The third-order valence-corrected chi connectivity index (χ3v) is 9.81. The zero-order valence-electron chi connectivity index (χ0n) is 33.0. The van der Waals surface area contributed by atoms with E-state index in [1.165, 1.54) is 180 Å². The summed E-state index contributed by atoms with van der Waals surface area (Å²) >= 11 is 0. The quantitative estimate of drug-likeness (QED) is 0.0393. The van der Waals surface area contributed by atoms with Crippen LogP contribution in [-0.2, 0) is 19.1 Å². The average molecular weight is 693 g/mol. The maximum atomic E-state index is 12.2. The van der Waals surface area contributed by atoms with Crippen molar-refractivity contribution >= 4 is 11.9 Å². The van der Waals surface area contributed by atoms with Gasteiger partial charge in [0.25, 0.3) is 0 Å². The summed E-state index contributed by atoms with van der Waals surface area (Å²) in [6.45, 7) is 4.16. The van der Waals surface area contributed by atoms with Crippen molar-refractivity contribution in [3.05, 3.63) is 12.2 Å². The van der Waals surface area contributed by atoms with Gasteiger partial charge in [-0.1, -0.05) is 199 Å². The predicted molar refractivity (Wildman–Crippen MR) is 210 cm³/mol. The second kappa shape index (κ2) is 41.1. The molecule has 0 aliphatic carbocycles. The van der Waals surface area contributed by atoms with Gasteiger partial charge in [-0.15, -0.1) is 0 Å². The van der Waals surface area contributed by atoms with Crippen molar-refractivity contribution in [2.24, 2.45) is 0 Å². The normalized spacial score (nSPS) is 12.1. The van der Waals surface area contributed by atoms with Crippen molar-refractivity contribution in [3.63, 3.8) is 0 Å². The van der Waals surface area contributed by atoms with Crippen molar-refractivity contribution < 1.29 is 24.2 Å². The van der Waals surface area contributed by atoms with E-state index in [0.717, 1.165) is 32.1 Å². The first kappa shape index (κ1) is 47.6. The highest BCUT2D eigenvalue weighted by Gasteiger charge is 2.16. The van der Waals surface area contributed by atoms with Crippen molar-refractivity contribution in [1.82, 2.24) is 0 Å².